The van der Waals surface area contributed by atoms with E-state index in [0.29, 0.717) is 11.5 Å². The molecule has 0 atom stereocenters. The fraction of sp³-hybridized carbons (Fsp3) is 0.286. The van der Waals surface area contributed by atoms with Crippen molar-refractivity contribution in [2.75, 3.05) is 5.32 Å². The highest BCUT2D eigenvalue weighted by molar-refractivity contribution is 6.09. The van der Waals surface area contributed by atoms with Crippen LogP contribution in [0.3, 0.4) is 0 Å². The quantitative estimate of drug-likeness (QED) is 0.498. The number of hydrogen-bond donors (Lipinski definition) is 1. The minimum Gasteiger partial charge on any atom is -0.349 e. The number of carbonyl (C=O) groups is 1. The standard InChI is InChI=1S/C21H22FN7O/c1-5-8-28-13(2)9-16(14(28)3)10-17(12-23)21(30)24-18-6-7-19(22)20(11-18)29-15(4)25-26-27-29/h6-7,9-11H,5,8H2,1-4H3,(H,24,30)/b17-10-. The SMILES string of the molecule is CCCn1c(C)cc(/C=C(/C#N)C(=O)Nc2ccc(F)c(-n3nnnc3C)c2)c1C. The number of nitriles is 1. The molecule has 0 aliphatic carbocycles. The summed E-state index contributed by atoms with van der Waals surface area (Å²) in [6, 6.07) is 7.94. The fourth-order valence-corrected chi connectivity index (χ4v) is 3.25. The third-order valence-corrected chi connectivity index (χ3v) is 4.78. The molecule has 0 unspecified atom stereocenters. The van der Waals surface area contributed by atoms with Crippen molar-refractivity contribution in [3.63, 3.8) is 0 Å². The van der Waals surface area contributed by atoms with E-state index in [1.165, 1.54) is 22.9 Å². The first-order valence-electron chi connectivity index (χ1n) is 9.50. The molecule has 154 valence electrons. The van der Waals surface area contributed by atoms with Crippen LogP contribution in [0.2, 0.25) is 0 Å². The molecule has 2 aromatic heterocycles. The number of aryl methyl sites for hydroxylation is 2. The number of nitrogens with one attached hydrogen (secondary N) is 1. The maximum Gasteiger partial charge on any atom is 0.266 e. The number of carbonyl (C=O) groups excluding carboxylic acids is 1. The number of aromatic nitrogens is 5. The van der Waals surface area contributed by atoms with Crippen molar-refractivity contribution in [3.8, 4) is 11.8 Å². The average molecular weight is 407 g/mol. The van der Waals surface area contributed by atoms with Crippen LogP contribution in [0, 0.1) is 37.9 Å². The molecule has 0 spiro atoms. The highest BCUT2D eigenvalue weighted by Crippen LogP contribution is 2.21. The summed E-state index contributed by atoms with van der Waals surface area (Å²) in [5.74, 6) is -0.718. The van der Waals surface area contributed by atoms with Crippen LogP contribution >= 0.6 is 0 Å². The maximum absolute atomic E-state index is 14.2. The smallest absolute Gasteiger partial charge is 0.266 e. The van der Waals surface area contributed by atoms with Gasteiger partial charge in [-0.2, -0.15) is 9.94 Å². The second kappa shape index (κ2) is 8.69. The molecule has 2 heterocycles. The number of rotatable bonds is 6. The average Bonchev–Trinajstić information content (AvgIpc) is 3.25. The van der Waals surface area contributed by atoms with Gasteiger partial charge in [0.25, 0.3) is 5.91 Å². The summed E-state index contributed by atoms with van der Waals surface area (Å²) < 4.78 is 17.6. The Labute approximate surface area is 173 Å². The summed E-state index contributed by atoms with van der Waals surface area (Å²) in [5.41, 5.74) is 3.25. The third-order valence-electron chi connectivity index (χ3n) is 4.78. The van der Waals surface area contributed by atoms with Crippen molar-refractivity contribution in [3.05, 3.63) is 58.4 Å². The van der Waals surface area contributed by atoms with Gasteiger partial charge in [-0.3, -0.25) is 4.79 Å². The number of amides is 1. The Morgan fingerprint density at radius 1 is 1.30 bits per heavy atom. The van der Waals surface area contributed by atoms with Crippen LogP contribution in [0.5, 0.6) is 0 Å². The van der Waals surface area contributed by atoms with Gasteiger partial charge >= 0.3 is 0 Å². The van der Waals surface area contributed by atoms with Gasteiger partial charge in [-0.15, -0.1) is 5.10 Å². The highest BCUT2D eigenvalue weighted by atomic mass is 19.1. The molecule has 3 rings (SSSR count). The van der Waals surface area contributed by atoms with E-state index in [9.17, 15) is 14.4 Å². The lowest BCUT2D eigenvalue weighted by Gasteiger charge is -2.09. The molecule has 0 bridgehead atoms. The van der Waals surface area contributed by atoms with E-state index >= 15 is 0 Å². The molecule has 9 heteroatoms. The first-order valence-corrected chi connectivity index (χ1v) is 9.50. The van der Waals surface area contributed by atoms with Crippen molar-refractivity contribution < 1.29 is 9.18 Å². The van der Waals surface area contributed by atoms with Crippen molar-refractivity contribution >= 4 is 17.7 Å². The normalized spacial score (nSPS) is 11.4. The van der Waals surface area contributed by atoms with Gasteiger partial charge < -0.3 is 9.88 Å². The first kappa shape index (κ1) is 20.9. The van der Waals surface area contributed by atoms with Crippen LogP contribution < -0.4 is 5.32 Å². The molecule has 1 aromatic carbocycles. The molecule has 1 amide bonds. The number of nitrogens with zero attached hydrogens (tertiary/aromatic N) is 6. The lowest BCUT2D eigenvalue weighted by Crippen LogP contribution is -2.14. The van der Waals surface area contributed by atoms with E-state index in [1.807, 2.05) is 26.0 Å². The number of tetrazole rings is 1. The lowest BCUT2D eigenvalue weighted by atomic mass is 10.1. The number of anilines is 1. The summed E-state index contributed by atoms with van der Waals surface area (Å²) in [6.07, 6.45) is 2.55. The molecule has 0 radical (unpaired) electrons. The Balaban J connectivity index is 1.88. The summed E-state index contributed by atoms with van der Waals surface area (Å²) in [5, 5.41) is 23.1. The minimum absolute atomic E-state index is 0.0452. The fourth-order valence-electron chi connectivity index (χ4n) is 3.25. The van der Waals surface area contributed by atoms with E-state index in [1.54, 1.807) is 13.0 Å². The first-order chi connectivity index (χ1) is 14.3. The Kier molecular flexibility index (Phi) is 6.06. The molecule has 0 aliphatic heterocycles. The molecule has 0 fully saturated rings. The van der Waals surface area contributed by atoms with Gasteiger partial charge in [-0.1, -0.05) is 6.92 Å². The van der Waals surface area contributed by atoms with Gasteiger partial charge in [0.05, 0.1) is 0 Å². The molecular weight excluding hydrogens is 385 g/mol. The van der Waals surface area contributed by atoms with E-state index in [4.69, 9.17) is 0 Å². The van der Waals surface area contributed by atoms with E-state index in [2.05, 4.69) is 32.3 Å². The van der Waals surface area contributed by atoms with Crippen LogP contribution in [-0.2, 0) is 11.3 Å². The van der Waals surface area contributed by atoms with Crippen molar-refractivity contribution in [1.29, 1.82) is 5.26 Å². The van der Waals surface area contributed by atoms with Crippen LogP contribution in [0.15, 0.2) is 29.8 Å². The molecule has 8 nitrogen and oxygen atoms in total. The van der Waals surface area contributed by atoms with Gasteiger partial charge in [0, 0.05) is 23.6 Å². The second-order valence-corrected chi connectivity index (χ2v) is 6.91. The van der Waals surface area contributed by atoms with Gasteiger partial charge in [0.15, 0.2) is 5.82 Å². The Bertz CT molecular complexity index is 1170. The predicted octanol–water partition coefficient (Wildman–Crippen LogP) is 3.48. The Morgan fingerprint density at radius 2 is 2.07 bits per heavy atom. The zero-order valence-corrected chi connectivity index (χ0v) is 17.3. The zero-order chi connectivity index (χ0) is 21.8. The van der Waals surface area contributed by atoms with Gasteiger partial charge in [0.1, 0.15) is 23.1 Å². The molecular formula is C21H22FN7O. The summed E-state index contributed by atoms with van der Waals surface area (Å²) in [4.78, 5) is 12.7. The maximum atomic E-state index is 14.2. The highest BCUT2D eigenvalue weighted by Gasteiger charge is 2.15. The van der Waals surface area contributed by atoms with Crippen LogP contribution in [0.4, 0.5) is 10.1 Å². The van der Waals surface area contributed by atoms with E-state index < -0.39 is 11.7 Å². The zero-order valence-electron chi connectivity index (χ0n) is 17.3. The minimum atomic E-state index is -0.580. The summed E-state index contributed by atoms with van der Waals surface area (Å²) >= 11 is 0. The molecule has 0 saturated heterocycles. The predicted molar refractivity (Wildman–Crippen MR) is 110 cm³/mol. The summed E-state index contributed by atoms with van der Waals surface area (Å²) in [6.45, 7) is 8.55. The third kappa shape index (κ3) is 4.12. The molecule has 1 N–H and O–H groups in total. The van der Waals surface area contributed by atoms with Crippen molar-refractivity contribution in [1.82, 2.24) is 24.8 Å². The van der Waals surface area contributed by atoms with Crippen LogP contribution in [0.25, 0.3) is 11.8 Å². The van der Waals surface area contributed by atoms with Crippen molar-refractivity contribution in [2.24, 2.45) is 0 Å². The molecule has 0 aliphatic rings. The lowest BCUT2D eigenvalue weighted by molar-refractivity contribution is -0.112. The van der Waals surface area contributed by atoms with Gasteiger partial charge in [0.2, 0.25) is 0 Å². The number of halogens is 1. The summed E-state index contributed by atoms with van der Waals surface area (Å²) in [7, 11) is 0. The van der Waals surface area contributed by atoms with Gasteiger partial charge in [-0.25, -0.2) is 4.39 Å². The van der Waals surface area contributed by atoms with E-state index in [-0.39, 0.29) is 11.3 Å². The number of benzene rings is 1. The van der Waals surface area contributed by atoms with Gasteiger partial charge in [-0.05, 0) is 73.5 Å². The number of hydrogen-bond acceptors (Lipinski definition) is 5. The van der Waals surface area contributed by atoms with Crippen molar-refractivity contribution in [2.45, 2.75) is 40.7 Å². The molecule has 0 saturated carbocycles. The van der Waals surface area contributed by atoms with E-state index in [0.717, 1.165) is 29.9 Å². The van der Waals surface area contributed by atoms with Crippen LogP contribution in [-0.4, -0.2) is 30.7 Å². The van der Waals surface area contributed by atoms with Crippen LogP contribution in [0.1, 0.15) is 36.1 Å². The molecule has 30 heavy (non-hydrogen) atoms. The topological polar surface area (TPSA) is 101 Å². The largest absolute Gasteiger partial charge is 0.349 e. The monoisotopic (exact) mass is 407 g/mol. The molecule has 3 aromatic rings. The Hall–Kier alpha value is -3.80. The Morgan fingerprint density at radius 3 is 2.70 bits per heavy atom. The second-order valence-electron chi connectivity index (χ2n) is 6.91.